The van der Waals surface area contributed by atoms with E-state index in [9.17, 15) is 4.79 Å². The summed E-state index contributed by atoms with van der Waals surface area (Å²) in [6.45, 7) is 0.439. The highest BCUT2D eigenvalue weighted by atomic mass is 32.2. The summed E-state index contributed by atoms with van der Waals surface area (Å²) in [7, 11) is 0. The molecule has 1 aliphatic heterocycles. The minimum Gasteiger partial charge on any atom is -0.473 e. The first-order chi connectivity index (χ1) is 13.8. The molecule has 0 radical (unpaired) electrons. The summed E-state index contributed by atoms with van der Waals surface area (Å²) >= 11 is 1.89. The van der Waals surface area contributed by atoms with Crippen LogP contribution >= 0.6 is 11.8 Å². The van der Waals surface area contributed by atoms with Crippen LogP contribution in [0.3, 0.4) is 0 Å². The van der Waals surface area contributed by atoms with Crippen molar-refractivity contribution in [1.82, 2.24) is 9.97 Å². The van der Waals surface area contributed by atoms with E-state index in [0.29, 0.717) is 23.8 Å². The highest BCUT2D eigenvalue weighted by Crippen LogP contribution is 2.23. The van der Waals surface area contributed by atoms with Crippen LogP contribution in [0, 0.1) is 0 Å². The summed E-state index contributed by atoms with van der Waals surface area (Å²) in [5.41, 5.74) is 1.54. The fourth-order valence-corrected chi connectivity index (χ4v) is 4.14. The van der Waals surface area contributed by atoms with E-state index in [2.05, 4.69) is 9.97 Å². The zero-order valence-electron chi connectivity index (χ0n) is 15.4. The topological polar surface area (TPSA) is 55.3 Å². The Morgan fingerprint density at radius 1 is 1.07 bits per heavy atom. The highest BCUT2D eigenvalue weighted by molar-refractivity contribution is 7.99. The number of pyridine rings is 2. The van der Waals surface area contributed by atoms with Crippen molar-refractivity contribution in [3.8, 4) is 5.88 Å². The predicted octanol–water partition coefficient (Wildman–Crippen LogP) is 4.21. The molecule has 5 nitrogen and oxygen atoms in total. The number of carbonyl (C=O) groups excluding carboxylic acids is 1. The molecule has 1 atom stereocenters. The number of amides is 1. The molecule has 6 heteroatoms. The molecule has 0 N–H and O–H groups in total. The van der Waals surface area contributed by atoms with Crippen LogP contribution in [0.1, 0.15) is 22.3 Å². The number of aromatic nitrogens is 2. The van der Waals surface area contributed by atoms with E-state index in [1.54, 1.807) is 29.4 Å². The van der Waals surface area contributed by atoms with E-state index >= 15 is 0 Å². The largest absolute Gasteiger partial charge is 0.473 e. The van der Waals surface area contributed by atoms with Gasteiger partial charge in [0.15, 0.2) is 0 Å². The Balaban J connectivity index is 1.54. The Labute approximate surface area is 168 Å². The number of thioether (sulfide) groups is 1. The van der Waals surface area contributed by atoms with Gasteiger partial charge in [0, 0.05) is 24.2 Å². The average molecular weight is 391 g/mol. The SMILES string of the molecule is O=C(c1ccc(OC2CCSC2)nc1)N(Cc1ccccc1)c1ccccn1. The van der Waals surface area contributed by atoms with Crippen LogP contribution in [0.5, 0.6) is 5.88 Å². The van der Waals surface area contributed by atoms with E-state index in [4.69, 9.17) is 4.74 Å². The number of ether oxygens (including phenoxy) is 1. The van der Waals surface area contributed by atoms with Crippen molar-refractivity contribution >= 4 is 23.5 Å². The van der Waals surface area contributed by atoms with Gasteiger partial charge in [-0.25, -0.2) is 9.97 Å². The molecule has 1 saturated heterocycles. The fraction of sp³-hybridized carbons (Fsp3) is 0.227. The second kappa shape index (κ2) is 8.89. The molecule has 4 rings (SSSR count). The molecule has 3 aromatic rings. The summed E-state index contributed by atoms with van der Waals surface area (Å²) in [6.07, 6.45) is 4.52. The smallest absolute Gasteiger partial charge is 0.261 e. The van der Waals surface area contributed by atoms with Crippen LogP contribution in [0.4, 0.5) is 5.82 Å². The van der Waals surface area contributed by atoms with Crippen LogP contribution in [0.15, 0.2) is 73.1 Å². The molecule has 0 bridgehead atoms. The number of hydrogen-bond acceptors (Lipinski definition) is 5. The molecule has 3 heterocycles. The summed E-state index contributed by atoms with van der Waals surface area (Å²) in [4.78, 5) is 23.6. The third-order valence-electron chi connectivity index (χ3n) is 4.51. The molecule has 0 aliphatic carbocycles. The van der Waals surface area contributed by atoms with Crippen molar-refractivity contribution < 1.29 is 9.53 Å². The van der Waals surface area contributed by atoms with Crippen molar-refractivity contribution in [2.24, 2.45) is 0 Å². The van der Waals surface area contributed by atoms with E-state index in [-0.39, 0.29) is 12.0 Å². The zero-order chi connectivity index (χ0) is 19.2. The summed E-state index contributed by atoms with van der Waals surface area (Å²) < 4.78 is 5.88. The lowest BCUT2D eigenvalue weighted by molar-refractivity contribution is 0.0984. The third kappa shape index (κ3) is 4.51. The van der Waals surface area contributed by atoms with Gasteiger partial charge in [0.1, 0.15) is 11.9 Å². The lowest BCUT2D eigenvalue weighted by Crippen LogP contribution is -2.31. The number of nitrogens with zero attached hydrogens (tertiary/aromatic N) is 3. The maximum atomic E-state index is 13.2. The first kappa shape index (κ1) is 18.5. The van der Waals surface area contributed by atoms with Crippen molar-refractivity contribution in [1.29, 1.82) is 0 Å². The van der Waals surface area contributed by atoms with Crippen LogP contribution in [-0.2, 0) is 6.54 Å². The molecule has 142 valence electrons. The molecule has 28 heavy (non-hydrogen) atoms. The molecule has 0 saturated carbocycles. The van der Waals surface area contributed by atoms with Gasteiger partial charge in [0.05, 0.1) is 12.1 Å². The van der Waals surface area contributed by atoms with Crippen LogP contribution < -0.4 is 9.64 Å². The van der Waals surface area contributed by atoms with Gasteiger partial charge in [-0.05, 0) is 35.9 Å². The molecular formula is C22H21N3O2S. The van der Waals surface area contributed by atoms with Crippen molar-refractivity contribution in [2.45, 2.75) is 19.1 Å². The first-order valence-corrected chi connectivity index (χ1v) is 10.4. The molecule has 2 aromatic heterocycles. The van der Waals surface area contributed by atoms with Gasteiger partial charge >= 0.3 is 0 Å². The van der Waals surface area contributed by atoms with E-state index < -0.39 is 0 Å². The van der Waals surface area contributed by atoms with Crippen molar-refractivity contribution in [3.05, 3.63) is 84.2 Å². The molecule has 1 unspecified atom stereocenters. The van der Waals surface area contributed by atoms with Crippen molar-refractivity contribution in [3.63, 3.8) is 0 Å². The first-order valence-electron chi connectivity index (χ1n) is 9.27. The van der Waals surface area contributed by atoms with E-state index in [0.717, 1.165) is 23.5 Å². The monoisotopic (exact) mass is 391 g/mol. The number of hydrogen-bond donors (Lipinski definition) is 0. The summed E-state index contributed by atoms with van der Waals surface area (Å²) in [5.74, 6) is 3.15. The van der Waals surface area contributed by atoms with Gasteiger partial charge < -0.3 is 4.74 Å². The van der Waals surface area contributed by atoms with Gasteiger partial charge in [-0.3, -0.25) is 9.69 Å². The van der Waals surface area contributed by atoms with Crippen LogP contribution in [0.2, 0.25) is 0 Å². The maximum absolute atomic E-state index is 13.2. The number of carbonyl (C=O) groups is 1. The quantitative estimate of drug-likeness (QED) is 0.630. The lowest BCUT2D eigenvalue weighted by Gasteiger charge is -2.22. The minimum absolute atomic E-state index is 0.141. The van der Waals surface area contributed by atoms with Gasteiger partial charge in [-0.1, -0.05) is 36.4 Å². The summed E-state index contributed by atoms with van der Waals surface area (Å²) in [6, 6.07) is 19.0. The van der Waals surface area contributed by atoms with Gasteiger partial charge in [0.25, 0.3) is 5.91 Å². The number of rotatable bonds is 6. The molecular weight excluding hydrogens is 370 g/mol. The Kier molecular flexibility index (Phi) is 5.87. The molecule has 1 aliphatic rings. The second-order valence-corrected chi connectivity index (χ2v) is 7.70. The van der Waals surface area contributed by atoms with E-state index in [1.807, 2.05) is 60.3 Å². The Bertz CT molecular complexity index is 898. The second-order valence-electron chi connectivity index (χ2n) is 6.55. The average Bonchev–Trinajstić information content (AvgIpc) is 3.26. The Morgan fingerprint density at radius 2 is 1.93 bits per heavy atom. The van der Waals surface area contributed by atoms with Gasteiger partial charge in [-0.2, -0.15) is 11.8 Å². The molecule has 0 spiro atoms. The zero-order valence-corrected chi connectivity index (χ0v) is 16.2. The number of anilines is 1. The minimum atomic E-state index is -0.141. The highest BCUT2D eigenvalue weighted by Gasteiger charge is 2.21. The third-order valence-corrected chi connectivity index (χ3v) is 5.64. The van der Waals surface area contributed by atoms with E-state index in [1.165, 1.54) is 0 Å². The molecule has 1 aromatic carbocycles. The fourth-order valence-electron chi connectivity index (χ4n) is 3.05. The van der Waals surface area contributed by atoms with Crippen LogP contribution in [0.25, 0.3) is 0 Å². The maximum Gasteiger partial charge on any atom is 0.261 e. The van der Waals surface area contributed by atoms with Gasteiger partial charge in [-0.15, -0.1) is 0 Å². The summed E-state index contributed by atoms with van der Waals surface area (Å²) in [5, 5.41) is 0. The molecule has 1 fully saturated rings. The Hall–Kier alpha value is -2.86. The standard InChI is InChI=1S/C22H21N3O2S/c26-22(18-9-10-21(24-14-18)27-19-11-13-28-16-19)25(20-8-4-5-12-23-20)15-17-6-2-1-3-7-17/h1-10,12,14,19H,11,13,15-16H2. The van der Waals surface area contributed by atoms with Crippen molar-refractivity contribution in [2.75, 3.05) is 16.4 Å². The lowest BCUT2D eigenvalue weighted by atomic mass is 10.2. The molecule has 1 amide bonds. The normalized spacial score (nSPS) is 15.9. The predicted molar refractivity (Wildman–Crippen MR) is 112 cm³/mol. The Morgan fingerprint density at radius 3 is 2.61 bits per heavy atom. The van der Waals surface area contributed by atoms with Crippen LogP contribution in [-0.4, -0.2) is 33.5 Å². The number of benzene rings is 1. The van der Waals surface area contributed by atoms with Gasteiger partial charge in [0.2, 0.25) is 5.88 Å².